The molecule has 0 N–H and O–H groups in total. The lowest BCUT2D eigenvalue weighted by molar-refractivity contribution is -0.122. The van der Waals surface area contributed by atoms with E-state index in [4.69, 9.17) is 12.2 Å². The van der Waals surface area contributed by atoms with Crippen LogP contribution in [0.15, 0.2) is 11.0 Å². The second kappa shape index (κ2) is 5.85. The van der Waals surface area contributed by atoms with Crippen molar-refractivity contribution in [3.63, 3.8) is 0 Å². The van der Waals surface area contributed by atoms with Crippen LogP contribution in [0.2, 0.25) is 0 Å². The van der Waals surface area contributed by atoms with E-state index in [1.165, 1.54) is 36.0 Å². The van der Waals surface area contributed by atoms with Crippen LogP contribution in [0.25, 0.3) is 6.08 Å². The highest BCUT2D eigenvalue weighted by atomic mass is 32.2. The maximum absolute atomic E-state index is 12.5. The molecule has 0 unspecified atom stereocenters. The molecule has 2 heterocycles. The Kier molecular flexibility index (Phi) is 4.21. The van der Waals surface area contributed by atoms with Crippen LogP contribution in [0.1, 0.15) is 49.7 Å². The fourth-order valence-corrected chi connectivity index (χ4v) is 4.27. The van der Waals surface area contributed by atoms with E-state index in [0.29, 0.717) is 22.8 Å². The van der Waals surface area contributed by atoms with Crippen molar-refractivity contribution in [3.05, 3.63) is 27.9 Å². The van der Waals surface area contributed by atoms with E-state index >= 15 is 0 Å². The molecule has 0 atom stereocenters. The lowest BCUT2D eigenvalue weighted by atomic mass is 10.2. The summed E-state index contributed by atoms with van der Waals surface area (Å²) >= 11 is 6.79. The first-order valence-corrected chi connectivity index (χ1v) is 9.04. The monoisotopic (exact) mass is 334 g/mol. The summed E-state index contributed by atoms with van der Waals surface area (Å²) in [4.78, 5) is 15.0. The molecule has 1 aliphatic carbocycles. The van der Waals surface area contributed by atoms with Crippen molar-refractivity contribution >= 4 is 40.3 Å². The van der Waals surface area contributed by atoms with Gasteiger partial charge in [0.1, 0.15) is 4.32 Å². The lowest BCUT2D eigenvalue weighted by Gasteiger charge is -2.16. The van der Waals surface area contributed by atoms with Crippen molar-refractivity contribution in [1.29, 1.82) is 0 Å². The Morgan fingerprint density at radius 1 is 1.41 bits per heavy atom. The summed E-state index contributed by atoms with van der Waals surface area (Å²) in [5.41, 5.74) is 3.69. The zero-order valence-electron chi connectivity index (χ0n) is 13.5. The van der Waals surface area contributed by atoms with Crippen LogP contribution in [0.4, 0.5) is 0 Å². The van der Waals surface area contributed by atoms with Crippen LogP contribution in [0.3, 0.4) is 0 Å². The highest BCUT2D eigenvalue weighted by Gasteiger charge is 2.33. The summed E-state index contributed by atoms with van der Waals surface area (Å²) in [5, 5.41) is 0. The summed E-state index contributed by atoms with van der Waals surface area (Å²) < 4.78 is 3.08. The standard InChI is InChI=1S/C17H22N2OS2/c1-10(2)9-18-16(20)15(22-17(18)21)8-13-7-11(3)19(12(13)4)14-5-6-14/h7-8,10,14H,5-6,9H2,1-4H3/b15-8-. The molecule has 3 rings (SSSR count). The molecular weight excluding hydrogens is 312 g/mol. The van der Waals surface area contributed by atoms with E-state index < -0.39 is 0 Å². The number of aryl methyl sites for hydroxylation is 1. The van der Waals surface area contributed by atoms with Crippen LogP contribution in [0, 0.1) is 19.8 Å². The van der Waals surface area contributed by atoms with Crippen LogP contribution in [-0.2, 0) is 4.79 Å². The van der Waals surface area contributed by atoms with Crippen molar-refractivity contribution in [2.75, 3.05) is 6.54 Å². The minimum Gasteiger partial charge on any atom is -0.346 e. The summed E-state index contributed by atoms with van der Waals surface area (Å²) in [6.45, 7) is 9.19. The highest BCUT2D eigenvalue weighted by molar-refractivity contribution is 8.26. The molecule has 22 heavy (non-hydrogen) atoms. The van der Waals surface area contributed by atoms with E-state index in [0.717, 1.165) is 10.5 Å². The average Bonchev–Trinajstić information content (AvgIpc) is 3.17. The summed E-state index contributed by atoms with van der Waals surface area (Å²) in [6, 6.07) is 2.85. The van der Waals surface area contributed by atoms with Gasteiger partial charge < -0.3 is 4.57 Å². The maximum atomic E-state index is 12.5. The molecule has 3 nitrogen and oxygen atoms in total. The zero-order chi connectivity index (χ0) is 16.0. The number of hydrogen-bond donors (Lipinski definition) is 0. The number of carbonyl (C=O) groups is 1. The van der Waals surface area contributed by atoms with E-state index in [-0.39, 0.29) is 5.91 Å². The third-order valence-electron chi connectivity index (χ3n) is 4.14. The Morgan fingerprint density at radius 2 is 2.09 bits per heavy atom. The Balaban J connectivity index is 1.88. The number of rotatable bonds is 4. The predicted octanol–water partition coefficient (Wildman–Crippen LogP) is 4.30. The SMILES string of the molecule is Cc1cc(/C=C2\SC(=S)N(CC(C)C)C2=O)c(C)n1C1CC1. The topological polar surface area (TPSA) is 25.2 Å². The lowest BCUT2D eigenvalue weighted by Crippen LogP contribution is -2.31. The van der Waals surface area contributed by atoms with Gasteiger partial charge in [0.25, 0.3) is 5.91 Å². The molecule has 1 aromatic rings. The van der Waals surface area contributed by atoms with Gasteiger partial charge in [0.15, 0.2) is 0 Å². The summed E-state index contributed by atoms with van der Waals surface area (Å²) in [5.74, 6) is 0.474. The first-order chi connectivity index (χ1) is 10.4. The van der Waals surface area contributed by atoms with Crippen molar-refractivity contribution in [3.8, 4) is 0 Å². The number of aromatic nitrogens is 1. The van der Waals surface area contributed by atoms with Gasteiger partial charge >= 0.3 is 0 Å². The summed E-state index contributed by atoms with van der Waals surface area (Å²) in [6.07, 6.45) is 4.56. The Hall–Kier alpha value is -1.07. The normalized spacial score (nSPS) is 20.8. The van der Waals surface area contributed by atoms with Crippen LogP contribution in [-0.4, -0.2) is 26.2 Å². The van der Waals surface area contributed by atoms with E-state index in [9.17, 15) is 4.79 Å². The van der Waals surface area contributed by atoms with Gasteiger partial charge in [-0.1, -0.05) is 37.8 Å². The van der Waals surface area contributed by atoms with Crippen molar-refractivity contribution in [2.24, 2.45) is 5.92 Å². The number of nitrogens with zero attached hydrogens (tertiary/aromatic N) is 2. The van der Waals surface area contributed by atoms with Gasteiger partial charge in [-0.15, -0.1) is 0 Å². The number of hydrogen-bond acceptors (Lipinski definition) is 3. The van der Waals surface area contributed by atoms with Gasteiger partial charge in [-0.05, 0) is 50.3 Å². The average molecular weight is 335 g/mol. The van der Waals surface area contributed by atoms with Gasteiger partial charge in [0, 0.05) is 24.0 Å². The van der Waals surface area contributed by atoms with Gasteiger partial charge in [0.2, 0.25) is 0 Å². The van der Waals surface area contributed by atoms with Gasteiger partial charge in [-0.25, -0.2) is 0 Å². The zero-order valence-corrected chi connectivity index (χ0v) is 15.2. The molecule has 118 valence electrons. The molecule has 1 aliphatic heterocycles. The van der Waals surface area contributed by atoms with Crippen molar-refractivity contribution in [2.45, 2.75) is 46.6 Å². The quantitative estimate of drug-likeness (QED) is 0.606. The minimum atomic E-state index is 0.0555. The van der Waals surface area contributed by atoms with Crippen molar-refractivity contribution < 1.29 is 4.79 Å². The molecule has 1 aromatic heterocycles. The molecule has 0 bridgehead atoms. The third-order valence-corrected chi connectivity index (χ3v) is 5.52. The number of amides is 1. The molecule has 0 spiro atoms. The molecule has 1 saturated heterocycles. The molecule has 1 saturated carbocycles. The smallest absolute Gasteiger partial charge is 0.266 e. The molecular formula is C17H22N2OS2. The molecule has 2 aliphatic rings. The minimum absolute atomic E-state index is 0.0555. The second-order valence-corrected chi connectivity index (χ2v) is 8.29. The summed E-state index contributed by atoms with van der Waals surface area (Å²) in [7, 11) is 0. The molecule has 2 fully saturated rings. The van der Waals surface area contributed by atoms with E-state index in [1.54, 1.807) is 4.90 Å². The van der Waals surface area contributed by atoms with Crippen LogP contribution < -0.4 is 0 Å². The van der Waals surface area contributed by atoms with E-state index in [1.807, 2.05) is 6.08 Å². The first-order valence-electron chi connectivity index (χ1n) is 7.82. The number of thioether (sulfide) groups is 1. The Morgan fingerprint density at radius 3 is 2.68 bits per heavy atom. The molecule has 5 heteroatoms. The Bertz CT molecular complexity index is 668. The molecule has 0 aromatic carbocycles. The fraction of sp³-hybridized carbons (Fsp3) is 0.529. The van der Waals surface area contributed by atoms with Crippen LogP contribution >= 0.6 is 24.0 Å². The van der Waals surface area contributed by atoms with Gasteiger partial charge in [-0.2, -0.15) is 0 Å². The molecule has 1 amide bonds. The Labute approximate surface area is 141 Å². The molecule has 0 radical (unpaired) electrons. The maximum Gasteiger partial charge on any atom is 0.266 e. The second-order valence-electron chi connectivity index (χ2n) is 6.61. The number of thiocarbonyl (C=S) groups is 1. The van der Waals surface area contributed by atoms with Gasteiger partial charge in [-0.3, -0.25) is 9.69 Å². The van der Waals surface area contributed by atoms with Gasteiger partial charge in [0.05, 0.1) is 4.91 Å². The van der Waals surface area contributed by atoms with E-state index in [2.05, 4.69) is 38.3 Å². The fourth-order valence-electron chi connectivity index (χ4n) is 3.01. The largest absolute Gasteiger partial charge is 0.346 e. The first kappa shape index (κ1) is 15.8. The predicted molar refractivity (Wildman–Crippen MR) is 96.9 cm³/mol. The van der Waals surface area contributed by atoms with Crippen molar-refractivity contribution in [1.82, 2.24) is 9.47 Å². The highest BCUT2D eigenvalue weighted by Crippen LogP contribution is 2.40. The number of carbonyl (C=O) groups excluding carboxylic acids is 1. The third kappa shape index (κ3) is 2.88. The van der Waals surface area contributed by atoms with Crippen LogP contribution in [0.5, 0.6) is 0 Å².